The van der Waals surface area contributed by atoms with E-state index in [0.717, 1.165) is 22.4 Å². The van der Waals surface area contributed by atoms with E-state index in [9.17, 15) is 9.59 Å². The second-order valence-electron chi connectivity index (χ2n) is 7.48. The number of aromatic nitrogens is 2. The summed E-state index contributed by atoms with van der Waals surface area (Å²) < 4.78 is 1.70. The lowest BCUT2D eigenvalue weighted by molar-refractivity contribution is -0.119. The number of hydrogen-bond acceptors (Lipinski definition) is 3. The molecule has 0 saturated heterocycles. The second kappa shape index (κ2) is 8.31. The van der Waals surface area contributed by atoms with Crippen molar-refractivity contribution in [2.24, 2.45) is 5.73 Å². The predicted molar refractivity (Wildman–Crippen MR) is 114 cm³/mol. The Kier molecular flexibility index (Phi) is 5.82. The molecule has 0 aliphatic carbocycles. The molecule has 2 amide bonds. The van der Waals surface area contributed by atoms with Crippen molar-refractivity contribution in [1.82, 2.24) is 14.7 Å². The van der Waals surface area contributed by atoms with Gasteiger partial charge in [-0.2, -0.15) is 5.10 Å². The van der Waals surface area contributed by atoms with Gasteiger partial charge in [-0.25, -0.2) is 4.68 Å². The van der Waals surface area contributed by atoms with Crippen molar-refractivity contribution in [2.75, 3.05) is 6.54 Å². The molecule has 2 N–H and O–H groups in total. The summed E-state index contributed by atoms with van der Waals surface area (Å²) in [5, 5.41) is 4.74. The van der Waals surface area contributed by atoms with Crippen molar-refractivity contribution in [3.05, 3.63) is 71.4 Å². The molecule has 0 bridgehead atoms. The highest BCUT2D eigenvalue weighted by molar-refractivity contribution is 6.01. The lowest BCUT2D eigenvalue weighted by atomic mass is 10.00. The van der Waals surface area contributed by atoms with Crippen LogP contribution in [0, 0.1) is 13.8 Å². The van der Waals surface area contributed by atoms with Crippen molar-refractivity contribution < 1.29 is 9.59 Å². The fraction of sp³-hybridized carbons (Fsp3) is 0.261. The Morgan fingerprint density at radius 1 is 1.10 bits per heavy atom. The van der Waals surface area contributed by atoms with Crippen molar-refractivity contribution in [1.29, 1.82) is 0 Å². The summed E-state index contributed by atoms with van der Waals surface area (Å²) in [6.07, 6.45) is 1.72. The monoisotopic (exact) mass is 390 g/mol. The number of nitrogens with zero attached hydrogens (tertiary/aromatic N) is 3. The first-order valence-corrected chi connectivity index (χ1v) is 9.60. The average molecular weight is 390 g/mol. The zero-order valence-electron chi connectivity index (χ0n) is 17.2. The first kappa shape index (κ1) is 20.3. The Morgan fingerprint density at radius 2 is 1.79 bits per heavy atom. The summed E-state index contributed by atoms with van der Waals surface area (Å²) in [6.45, 7) is 7.61. The number of hydrogen-bond donors (Lipinski definition) is 1. The largest absolute Gasteiger partial charge is 0.368 e. The molecule has 29 heavy (non-hydrogen) atoms. The first-order valence-electron chi connectivity index (χ1n) is 9.60. The Balaban J connectivity index is 2.17. The molecule has 0 atom stereocenters. The highest BCUT2D eigenvalue weighted by atomic mass is 16.2. The van der Waals surface area contributed by atoms with Gasteiger partial charge in [0.25, 0.3) is 5.91 Å². The Bertz CT molecular complexity index is 1040. The van der Waals surface area contributed by atoms with Crippen LogP contribution in [0.3, 0.4) is 0 Å². The molecule has 0 aliphatic rings. The quantitative estimate of drug-likeness (QED) is 0.699. The van der Waals surface area contributed by atoms with Crippen LogP contribution in [0.25, 0.3) is 16.9 Å². The number of carbonyl (C=O) groups excluding carboxylic acids is 2. The van der Waals surface area contributed by atoms with Gasteiger partial charge in [-0.05, 0) is 45.4 Å². The maximum absolute atomic E-state index is 13.4. The molecule has 1 aromatic heterocycles. The van der Waals surface area contributed by atoms with E-state index in [0.29, 0.717) is 11.3 Å². The van der Waals surface area contributed by atoms with E-state index in [4.69, 9.17) is 10.8 Å². The number of para-hydroxylation sites is 1. The minimum absolute atomic E-state index is 0.140. The van der Waals surface area contributed by atoms with Gasteiger partial charge >= 0.3 is 0 Å². The summed E-state index contributed by atoms with van der Waals surface area (Å²) in [5.41, 5.74) is 10.3. The Morgan fingerprint density at radius 3 is 2.38 bits per heavy atom. The molecule has 0 spiro atoms. The van der Waals surface area contributed by atoms with Crippen LogP contribution < -0.4 is 5.73 Å². The van der Waals surface area contributed by atoms with Crippen molar-refractivity contribution >= 4 is 11.8 Å². The molecular weight excluding hydrogens is 364 g/mol. The summed E-state index contributed by atoms with van der Waals surface area (Å²) in [6, 6.07) is 15.5. The molecule has 0 radical (unpaired) electrons. The SMILES string of the molecule is Cc1ccc(-c2nn(-c3ccccc3)cc2C(=O)N(CC(N)=O)C(C)C)c(C)c1. The summed E-state index contributed by atoms with van der Waals surface area (Å²) >= 11 is 0. The smallest absolute Gasteiger partial charge is 0.258 e. The molecule has 0 fully saturated rings. The summed E-state index contributed by atoms with van der Waals surface area (Å²) in [7, 11) is 0. The van der Waals surface area contributed by atoms with E-state index in [-0.39, 0.29) is 18.5 Å². The fourth-order valence-electron chi connectivity index (χ4n) is 3.33. The third kappa shape index (κ3) is 4.37. The first-order chi connectivity index (χ1) is 13.8. The van der Waals surface area contributed by atoms with Gasteiger partial charge in [-0.1, -0.05) is 42.0 Å². The molecule has 2 aromatic carbocycles. The minimum Gasteiger partial charge on any atom is -0.368 e. The Labute approximate surface area is 170 Å². The third-order valence-electron chi connectivity index (χ3n) is 4.81. The summed E-state index contributed by atoms with van der Waals surface area (Å²) in [5.74, 6) is -0.813. The number of nitrogens with two attached hydrogens (primary N) is 1. The van der Waals surface area contributed by atoms with Crippen LogP contribution in [0.5, 0.6) is 0 Å². The lowest BCUT2D eigenvalue weighted by Crippen LogP contribution is -2.42. The highest BCUT2D eigenvalue weighted by Crippen LogP contribution is 2.28. The van der Waals surface area contributed by atoms with E-state index in [1.165, 1.54) is 4.90 Å². The van der Waals surface area contributed by atoms with Gasteiger partial charge in [0, 0.05) is 17.8 Å². The van der Waals surface area contributed by atoms with Gasteiger partial charge in [0.15, 0.2) is 0 Å². The van der Waals surface area contributed by atoms with Crippen LogP contribution in [-0.4, -0.2) is 39.1 Å². The zero-order chi connectivity index (χ0) is 21.1. The number of rotatable bonds is 6. The van der Waals surface area contributed by atoms with Crippen LogP contribution in [0.4, 0.5) is 0 Å². The molecule has 150 valence electrons. The van der Waals surface area contributed by atoms with Crippen LogP contribution in [0.15, 0.2) is 54.7 Å². The standard InChI is InChI=1S/C23H26N4O2/c1-15(2)26(14-21(24)28)23(29)20-13-27(18-8-6-5-7-9-18)25-22(20)19-11-10-16(3)12-17(19)4/h5-13,15H,14H2,1-4H3,(H2,24,28). The van der Waals surface area contributed by atoms with Crippen molar-refractivity contribution in [3.8, 4) is 16.9 Å². The molecule has 3 rings (SSSR count). The van der Waals surface area contributed by atoms with Crippen LogP contribution in [-0.2, 0) is 4.79 Å². The molecule has 6 heteroatoms. The normalized spacial score (nSPS) is 10.9. The molecule has 1 heterocycles. The molecule has 0 saturated carbocycles. The summed E-state index contributed by atoms with van der Waals surface area (Å²) in [4.78, 5) is 26.4. The van der Waals surface area contributed by atoms with E-state index >= 15 is 0 Å². The molecule has 6 nitrogen and oxygen atoms in total. The highest BCUT2D eigenvalue weighted by Gasteiger charge is 2.26. The lowest BCUT2D eigenvalue weighted by Gasteiger charge is -2.25. The second-order valence-corrected chi connectivity index (χ2v) is 7.48. The maximum atomic E-state index is 13.4. The van der Waals surface area contributed by atoms with Gasteiger partial charge < -0.3 is 10.6 Å². The predicted octanol–water partition coefficient (Wildman–Crippen LogP) is 3.49. The molecule has 3 aromatic rings. The van der Waals surface area contributed by atoms with Gasteiger partial charge in [-0.3, -0.25) is 9.59 Å². The number of amides is 2. The number of aryl methyl sites for hydroxylation is 2. The number of primary amides is 1. The van der Waals surface area contributed by atoms with Crippen molar-refractivity contribution in [3.63, 3.8) is 0 Å². The van der Waals surface area contributed by atoms with Gasteiger partial charge in [-0.15, -0.1) is 0 Å². The number of carbonyl (C=O) groups is 2. The van der Waals surface area contributed by atoms with Crippen LogP contribution in [0.2, 0.25) is 0 Å². The van der Waals surface area contributed by atoms with E-state index in [1.54, 1.807) is 10.9 Å². The van der Waals surface area contributed by atoms with Gasteiger partial charge in [0.2, 0.25) is 5.91 Å². The molecule has 0 aliphatic heterocycles. The fourth-order valence-corrected chi connectivity index (χ4v) is 3.33. The maximum Gasteiger partial charge on any atom is 0.258 e. The van der Waals surface area contributed by atoms with E-state index in [1.807, 2.05) is 70.2 Å². The molecular formula is C23H26N4O2. The van der Waals surface area contributed by atoms with Crippen LogP contribution in [0.1, 0.15) is 35.3 Å². The van der Waals surface area contributed by atoms with Gasteiger partial charge in [0.05, 0.1) is 17.8 Å². The van der Waals surface area contributed by atoms with Crippen molar-refractivity contribution in [2.45, 2.75) is 33.7 Å². The van der Waals surface area contributed by atoms with E-state index in [2.05, 4.69) is 6.07 Å². The minimum atomic E-state index is -0.546. The topological polar surface area (TPSA) is 81.2 Å². The Hall–Kier alpha value is -3.41. The third-order valence-corrected chi connectivity index (χ3v) is 4.81. The zero-order valence-corrected chi connectivity index (χ0v) is 17.2. The average Bonchev–Trinajstić information content (AvgIpc) is 3.11. The molecule has 0 unspecified atom stereocenters. The number of benzene rings is 2. The van der Waals surface area contributed by atoms with Gasteiger partial charge in [0.1, 0.15) is 5.69 Å². The van der Waals surface area contributed by atoms with Crippen LogP contribution >= 0.6 is 0 Å². The van der Waals surface area contributed by atoms with E-state index < -0.39 is 5.91 Å².